The minimum atomic E-state index is -0.128. The fourth-order valence-corrected chi connectivity index (χ4v) is 3.10. The second-order valence-electron chi connectivity index (χ2n) is 6.40. The van der Waals surface area contributed by atoms with Crippen LogP contribution in [0.25, 0.3) is 0 Å². The molecule has 128 valence electrons. The van der Waals surface area contributed by atoms with Crippen LogP contribution in [-0.2, 0) is 13.0 Å². The molecule has 0 bridgehead atoms. The number of hydrogen-bond donors (Lipinski definition) is 1. The van der Waals surface area contributed by atoms with Crippen molar-refractivity contribution in [2.24, 2.45) is 0 Å². The summed E-state index contributed by atoms with van der Waals surface area (Å²) in [5, 5.41) is 3.03. The van der Waals surface area contributed by atoms with Gasteiger partial charge in [0.15, 0.2) is 5.76 Å². The summed E-state index contributed by atoms with van der Waals surface area (Å²) in [6, 6.07) is 11.9. The monoisotopic (exact) mass is 327 g/mol. The summed E-state index contributed by atoms with van der Waals surface area (Å²) in [5.74, 6) is 1.70. The molecule has 2 aromatic rings. The number of carbonyl (C=O) groups excluding carboxylic acids is 1. The summed E-state index contributed by atoms with van der Waals surface area (Å²) in [6.07, 6.45) is 6.74. The molecule has 1 N–H and O–H groups in total. The van der Waals surface area contributed by atoms with Gasteiger partial charge in [0.25, 0.3) is 5.91 Å². The lowest BCUT2D eigenvalue weighted by Crippen LogP contribution is -2.32. The minimum Gasteiger partial charge on any atom is -0.486 e. The van der Waals surface area contributed by atoms with E-state index in [0.717, 1.165) is 31.4 Å². The highest BCUT2D eigenvalue weighted by Crippen LogP contribution is 2.19. The second-order valence-corrected chi connectivity index (χ2v) is 6.40. The Hall–Kier alpha value is -2.23. The molecule has 1 fully saturated rings. The number of aryl methyl sites for hydroxylation is 1. The lowest BCUT2D eigenvalue weighted by atomic mass is 10.1. The van der Waals surface area contributed by atoms with E-state index < -0.39 is 0 Å². The first-order chi connectivity index (χ1) is 11.7. The van der Waals surface area contributed by atoms with Gasteiger partial charge in [0.05, 0.1) is 0 Å². The van der Waals surface area contributed by atoms with Crippen LogP contribution in [0.1, 0.15) is 60.9 Å². The molecule has 4 nitrogen and oxygen atoms in total. The van der Waals surface area contributed by atoms with Crippen molar-refractivity contribution in [3.8, 4) is 5.75 Å². The number of furan rings is 1. The predicted octanol–water partition coefficient (Wildman–Crippen LogP) is 4.48. The molecule has 1 amide bonds. The molecule has 0 spiro atoms. The van der Waals surface area contributed by atoms with Crippen molar-refractivity contribution < 1.29 is 13.9 Å². The van der Waals surface area contributed by atoms with E-state index in [2.05, 4.69) is 24.4 Å². The lowest BCUT2D eigenvalue weighted by Gasteiger charge is -2.10. The molecule has 0 radical (unpaired) electrons. The molecule has 1 aromatic heterocycles. The van der Waals surface area contributed by atoms with Gasteiger partial charge >= 0.3 is 0 Å². The smallest absolute Gasteiger partial charge is 0.287 e. The Morgan fingerprint density at radius 2 is 1.92 bits per heavy atom. The summed E-state index contributed by atoms with van der Waals surface area (Å²) < 4.78 is 11.3. The zero-order chi connectivity index (χ0) is 16.8. The van der Waals surface area contributed by atoms with Gasteiger partial charge in [-0.25, -0.2) is 0 Å². The summed E-state index contributed by atoms with van der Waals surface area (Å²) in [6.45, 7) is 2.49. The molecule has 3 rings (SSSR count). The van der Waals surface area contributed by atoms with Crippen molar-refractivity contribution >= 4 is 5.91 Å². The number of amides is 1. The van der Waals surface area contributed by atoms with E-state index in [1.807, 2.05) is 12.1 Å². The molecule has 1 aromatic carbocycles. The van der Waals surface area contributed by atoms with Crippen LogP contribution in [0.2, 0.25) is 0 Å². The molecule has 0 aliphatic heterocycles. The third-order valence-corrected chi connectivity index (χ3v) is 4.42. The average molecular weight is 327 g/mol. The number of hydrogen-bond acceptors (Lipinski definition) is 3. The first-order valence-electron chi connectivity index (χ1n) is 8.86. The maximum atomic E-state index is 12.1. The van der Waals surface area contributed by atoms with E-state index in [1.165, 1.54) is 18.4 Å². The van der Waals surface area contributed by atoms with Crippen LogP contribution in [0.3, 0.4) is 0 Å². The van der Waals surface area contributed by atoms with Gasteiger partial charge in [0.2, 0.25) is 0 Å². The van der Waals surface area contributed by atoms with Gasteiger partial charge in [-0.3, -0.25) is 4.79 Å². The van der Waals surface area contributed by atoms with Gasteiger partial charge in [-0.2, -0.15) is 0 Å². The Morgan fingerprint density at radius 1 is 1.17 bits per heavy atom. The predicted molar refractivity (Wildman–Crippen MR) is 93.2 cm³/mol. The maximum absolute atomic E-state index is 12.1. The van der Waals surface area contributed by atoms with Crippen LogP contribution in [0, 0.1) is 0 Å². The van der Waals surface area contributed by atoms with Crippen molar-refractivity contribution in [1.29, 1.82) is 0 Å². The molecule has 0 atom stereocenters. The first-order valence-corrected chi connectivity index (χ1v) is 8.86. The van der Waals surface area contributed by atoms with E-state index in [4.69, 9.17) is 9.15 Å². The molecule has 1 heterocycles. The number of carbonyl (C=O) groups is 1. The fraction of sp³-hybridized carbons (Fsp3) is 0.450. The van der Waals surface area contributed by atoms with Gasteiger partial charge < -0.3 is 14.5 Å². The molecule has 0 unspecified atom stereocenters. The fourth-order valence-electron chi connectivity index (χ4n) is 3.10. The topological polar surface area (TPSA) is 51.5 Å². The van der Waals surface area contributed by atoms with E-state index in [0.29, 0.717) is 24.2 Å². The van der Waals surface area contributed by atoms with Gasteiger partial charge in [-0.05, 0) is 49.1 Å². The van der Waals surface area contributed by atoms with Crippen molar-refractivity contribution in [3.05, 3.63) is 53.5 Å². The minimum absolute atomic E-state index is 0.128. The van der Waals surface area contributed by atoms with Crippen LogP contribution in [-0.4, -0.2) is 11.9 Å². The summed E-state index contributed by atoms with van der Waals surface area (Å²) in [5.41, 5.74) is 1.31. The van der Waals surface area contributed by atoms with Crippen LogP contribution in [0.5, 0.6) is 5.75 Å². The number of nitrogens with one attached hydrogen (secondary N) is 1. The average Bonchev–Trinajstić information content (AvgIpc) is 3.26. The Kier molecular flexibility index (Phi) is 5.57. The third-order valence-electron chi connectivity index (χ3n) is 4.42. The summed E-state index contributed by atoms with van der Waals surface area (Å²) in [7, 11) is 0. The van der Waals surface area contributed by atoms with Crippen molar-refractivity contribution in [3.63, 3.8) is 0 Å². The van der Waals surface area contributed by atoms with Crippen molar-refractivity contribution in [2.45, 2.75) is 58.1 Å². The van der Waals surface area contributed by atoms with Crippen LogP contribution >= 0.6 is 0 Å². The maximum Gasteiger partial charge on any atom is 0.287 e. The Balaban J connectivity index is 1.50. The molecular weight excluding hydrogens is 302 g/mol. The highest BCUT2D eigenvalue weighted by molar-refractivity contribution is 5.91. The molecule has 1 aliphatic carbocycles. The first kappa shape index (κ1) is 16.6. The standard InChI is InChI=1S/C20H25NO3/c1-2-5-15-8-10-17(11-9-15)23-14-18-12-13-19(24-18)20(22)21-16-6-3-4-7-16/h8-13,16H,2-7,14H2,1H3,(H,21,22). The molecule has 0 saturated heterocycles. The Bertz CT molecular complexity index is 654. The van der Waals surface area contributed by atoms with E-state index >= 15 is 0 Å². The van der Waals surface area contributed by atoms with Gasteiger partial charge in [0, 0.05) is 6.04 Å². The molecule has 24 heavy (non-hydrogen) atoms. The van der Waals surface area contributed by atoms with Crippen LogP contribution in [0.4, 0.5) is 0 Å². The van der Waals surface area contributed by atoms with Gasteiger partial charge in [-0.1, -0.05) is 38.3 Å². The van der Waals surface area contributed by atoms with E-state index in [9.17, 15) is 4.79 Å². The van der Waals surface area contributed by atoms with Crippen molar-refractivity contribution in [2.75, 3.05) is 0 Å². The van der Waals surface area contributed by atoms with Gasteiger partial charge in [0.1, 0.15) is 18.1 Å². The molecule has 1 aliphatic rings. The highest BCUT2D eigenvalue weighted by Gasteiger charge is 2.19. The molecule has 4 heteroatoms. The number of benzene rings is 1. The Labute approximate surface area is 143 Å². The SMILES string of the molecule is CCCc1ccc(OCc2ccc(C(=O)NC3CCCC3)o2)cc1. The number of ether oxygens (including phenoxy) is 1. The lowest BCUT2D eigenvalue weighted by molar-refractivity contribution is 0.0905. The number of rotatable bonds is 7. The van der Waals surface area contributed by atoms with E-state index in [-0.39, 0.29) is 5.91 Å². The largest absolute Gasteiger partial charge is 0.486 e. The summed E-state index contributed by atoms with van der Waals surface area (Å²) in [4.78, 5) is 12.1. The third kappa shape index (κ3) is 4.40. The zero-order valence-electron chi connectivity index (χ0n) is 14.2. The molecular formula is C20H25NO3. The summed E-state index contributed by atoms with van der Waals surface area (Å²) >= 11 is 0. The van der Waals surface area contributed by atoms with E-state index in [1.54, 1.807) is 12.1 Å². The Morgan fingerprint density at radius 3 is 2.62 bits per heavy atom. The zero-order valence-corrected chi connectivity index (χ0v) is 14.2. The van der Waals surface area contributed by atoms with Crippen LogP contribution < -0.4 is 10.1 Å². The molecule has 1 saturated carbocycles. The normalized spacial score (nSPS) is 14.7. The van der Waals surface area contributed by atoms with Gasteiger partial charge in [-0.15, -0.1) is 0 Å². The van der Waals surface area contributed by atoms with Crippen molar-refractivity contribution in [1.82, 2.24) is 5.32 Å². The quantitative estimate of drug-likeness (QED) is 0.815. The second kappa shape index (κ2) is 8.04. The highest BCUT2D eigenvalue weighted by atomic mass is 16.5. The van der Waals surface area contributed by atoms with Crippen LogP contribution in [0.15, 0.2) is 40.8 Å².